The van der Waals surface area contributed by atoms with Crippen molar-refractivity contribution in [3.8, 4) is 0 Å². The molecule has 0 aliphatic heterocycles. The lowest BCUT2D eigenvalue weighted by atomic mass is 9.95. The summed E-state index contributed by atoms with van der Waals surface area (Å²) in [5.41, 5.74) is 0.976. The summed E-state index contributed by atoms with van der Waals surface area (Å²) in [5, 5.41) is 0. The summed E-state index contributed by atoms with van der Waals surface area (Å²) in [4.78, 5) is 11.2. The SMILES string of the molecule is CC(=O)O[C@H]1CCCC[C@@H]1OS(=O)(=O)c1ccc(C)cc1. The summed E-state index contributed by atoms with van der Waals surface area (Å²) in [6.07, 6.45) is 1.88. The molecule has 1 aliphatic rings. The topological polar surface area (TPSA) is 69.7 Å². The van der Waals surface area contributed by atoms with Gasteiger partial charge in [0.1, 0.15) is 12.2 Å². The second kappa shape index (κ2) is 6.58. The van der Waals surface area contributed by atoms with Gasteiger partial charge < -0.3 is 4.74 Å². The summed E-state index contributed by atoms with van der Waals surface area (Å²) >= 11 is 0. The van der Waals surface area contributed by atoms with E-state index >= 15 is 0 Å². The molecule has 6 heteroatoms. The molecule has 21 heavy (non-hydrogen) atoms. The molecule has 1 saturated carbocycles. The molecule has 1 fully saturated rings. The first-order valence-corrected chi connectivity index (χ1v) is 8.46. The van der Waals surface area contributed by atoms with Gasteiger partial charge in [-0.1, -0.05) is 24.1 Å². The number of esters is 1. The van der Waals surface area contributed by atoms with E-state index in [1.54, 1.807) is 12.1 Å². The van der Waals surface area contributed by atoms with Gasteiger partial charge in [0.05, 0.1) is 4.90 Å². The molecule has 0 spiro atoms. The normalized spacial score (nSPS) is 22.8. The molecule has 2 atom stereocenters. The van der Waals surface area contributed by atoms with Gasteiger partial charge in [-0.2, -0.15) is 8.42 Å². The number of carbonyl (C=O) groups is 1. The fourth-order valence-electron chi connectivity index (χ4n) is 2.44. The maximum absolute atomic E-state index is 12.3. The van der Waals surface area contributed by atoms with Crippen LogP contribution in [0.25, 0.3) is 0 Å². The molecule has 2 rings (SSSR count). The molecule has 1 aromatic rings. The van der Waals surface area contributed by atoms with E-state index in [0.717, 1.165) is 18.4 Å². The maximum atomic E-state index is 12.3. The lowest BCUT2D eigenvalue weighted by molar-refractivity contribution is -0.153. The van der Waals surface area contributed by atoms with Crippen molar-refractivity contribution in [3.63, 3.8) is 0 Å². The number of hydrogen-bond acceptors (Lipinski definition) is 5. The van der Waals surface area contributed by atoms with Crippen molar-refractivity contribution in [2.45, 2.75) is 56.6 Å². The molecular formula is C15H20O5S. The quantitative estimate of drug-likeness (QED) is 0.631. The third-order valence-electron chi connectivity index (χ3n) is 3.52. The Balaban J connectivity index is 2.13. The average Bonchev–Trinajstić information content (AvgIpc) is 2.40. The predicted octanol–water partition coefficient (Wildman–Crippen LogP) is 2.57. The Morgan fingerprint density at radius 3 is 2.24 bits per heavy atom. The van der Waals surface area contributed by atoms with Crippen molar-refractivity contribution in [2.24, 2.45) is 0 Å². The fourth-order valence-corrected chi connectivity index (χ4v) is 3.57. The first kappa shape index (κ1) is 16.0. The molecule has 5 nitrogen and oxygen atoms in total. The molecular weight excluding hydrogens is 292 g/mol. The largest absolute Gasteiger partial charge is 0.460 e. The van der Waals surface area contributed by atoms with Crippen LogP contribution >= 0.6 is 0 Å². The van der Waals surface area contributed by atoms with Gasteiger partial charge in [-0.3, -0.25) is 8.98 Å². The zero-order chi connectivity index (χ0) is 15.5. The molecule has 116 valence electrons. The molecule has 0 saturated heterocycles. The van der Waals surface area contributed by atoms with E-state index in [4.69, 9.17) is 8.92 Å². The highest BCUT2D eigenvalue weighted by atomic mass is 32.2. The lowest BCUT2D eigenvalue weighted by Crippen LogP contribution is -2.37. The molecule has 1 aromatic carbocycles. The Morgan fingerprint density at radius 2 is 1.67 bits per heavy atom. The van der Waals surface area contributed by atoms with Crippen LogP contribution in [0.5, 0.6) is 0 Å². The van der Waals surface area contributed by atoms with Crippen LogP contribution < -0.4 is 0 Å². The van der Waals surface area contributed by atoms with Gasteiger partial charge in [-0.25, -0.2) is 0 Å². The van der Waals surface area contributed by atoms with Crippen molar-refractivity contribution in [1.29, 1.82) is 0 Å². The number of carbonyl (C=O) groups excluding carboxylic acids is 1. The Labute approximate surface area is 125 Å². The van der Waals surface area contributed by atoms with E-state index in [0.29, 0.717) is 12.8 Å². The minimum atomic E-state index is -3.84. The van der Waals surface area contributed by atoms with Crippen LogP contribution in [0.3, 0.4) is 0 Å². The average molecular weight is 312 g/mol. The monoisotopic (exact) mass is 312 g/mol. The van der Waals surface area contributed by atoms with Crippen molar-refractivity contribution in [2.75, 3.05) is 0 Å². The van der Waals surface area contributed by atoms with Crippen molar-refractivity contribution < 1.29 is 22.1 Å². The lowest BCUT2D eigenvalue weighted by Gasteiger charge is -2.30. The van der Waals surface area contributed by atoms with Crippen molar-refractivity contribution in [1.82, 2.24) is 0 Å². The van der Waals surface area contributed by atoms with E-state index in [-0.39, 0.29) is 4.90 Å². The summed E-state index contributed by atoms with van der Waals surface area (Å²) < 4.78 is 35.1. The van der Waals surface area contributed by atoms with Crippen molar-refractivity contribution >= 4 is 16.1 Å². The number of rotatable bonds is 4. The van der Waals surface area contributed by atoms with Gasteiger partial charge >= 0.3 is 5.97 Å². The summed E-state index contributed by atoms with van der Waals surface area (Å²) in [6, 6.07) is 6.49. The number of aryl methyl sites for hydroxylation is 1. The Hall–Kier alpha value is -1.40. The third kappa shape index (κ3) is 4.28. The van der Waals surface area contributed by atoms with Gasteiger partial charge in [0.2, 0.25) is 0 Å². The van der Waals surface area contributed by atoms with E-state index in [9.17, 15) is 13.2 Å². The Morgan fingerprint density at radius 1 is 1.10 bits per heavy atom. The van der Waals surface area contributed by atoms with E-state index in [1.807, 2.05) is 6.92 Å². The molecule has 0 N–H and O–H groups in total. The zero-order valence-electron chi connectivity index (χ0n) is 12.2. The maximum Gasteiger partial charge on any atom is 0.302 e. The van der Waals surface area contributed by atoms with E-state index in [2.05, 4.69) is 0 Å². The minimum absolute atomic E-state index is 0.125. The highest BCUT2D eigenvalue weighted by Gasteiger charge is 2.33. The first-order valence-electron chi connectivity index (χ1n) is 7.05. The van der Waals surface area contributed by atoms with Gasteiger partial charge in [0.25, 0.3) is 10.1 Å². The zero-order valence-corrected chi connectivity index (χ0v) is 13.1. The number of benzene rings is 1. The number of hydrogen-bond donors (Lipinski definition) is 0. The standard InChI is InChI=1S/C15H20O5S/c1-11-7-9-13(10-8-11)21(17,18)20-15-6-4-3-5-14(15)19-12(2)16/h7-10,14-15H,3-6H2,1-2H3/t14-,15-/m0/s1. The Bertz CT molecular complexity index is 591. The Kier molecular flexibility index (Phi) is 5.00. The summed E-state index contributed by atoms with van der Waals surface area (Å²) in [6.45, 7) is 3.20. The van der Waals surface area contributed by atoms with Gasteiger partial charge in [0.15, 0.2) is 0 Å². The van der Waals surface area contributed by atoms with Gasteiger partial charge in [-0.05, 0) is 38.3 Å². The van der Waals surface area contributed by atoms with Gasteiger partial charge in [0, 0.05) is 6.92 Å². The molecule has 0 radical (unpaired) electrons. The van der Waals surface area contributed by atoms with Crippen LogP contribution in [-0.2, 0) is 23.8 Å². The highest BCUT2D eigenvalue weighted by Crippen LogP contribution is 2.27. The summed E-state index contributed by atoms with van der Waals surface area (Å²) in [7, 11) is -3.84. The van der Waals surface area contributed by atoms with Crippen LogP contribution in [0, 0.1) is 6.92 Å². The van der Waals surface area contributed by atoms with Crippen LogP contribution in [0.2, 0.25) is 0 Å². The summed E-state index contributed by atoms with van der Waals surface area (Å²) in [5.74, 6) is -0.414. The number of ether oxygens (including phenoxy) is 1. The second-order valence-electron chi connectivity index (χ2n) is 5.33. The van der Waals surface area contributed by atoms with Crippen molar-refractivity contribution in [3.05, 3.63) is 29.8 Å². The van der Waals surface area contributed by atoms with Gasteiger partial charge in [-0.15, -0.1) is 0 Å². The molecule has 0 heterocycles. The van der Waals surface area contributed by atoms with Crippen LogP contribution in [-0.4, -0.2) is 26.6 Å². The van der Waals surface area contributed by atoms with Crippen LogP contribution in [0.1, 0.15) is 38.2 Å². The van der Waals surface area contributed by atoms with Crippen LogP contribution in [0.15, 0.2) is 29.2 Å². The molecule has 0 amide bonds. The minimum Gasteiger partial charge on any atom is -0.460 e. The second-order valence-corrected chi connectivity index (χ2v) is 6.91. The van der Waals surface area contributed by atoms with E-state index < -0.39 is 28.3 Å². The van der Waals surface area contributed by atoms with E-state index in [1.165, 1.54) is 19.1 Å². The molecule has 0 unspecified atom stereocenters. The first-order chi connectivity index (χ1) is 9.88. The smallest absolute Gasteiger partial charge is 0.302 e. The van der Waals surface area contributed by atoms with Crippen LogP contribution in [0.4, 0.5) is 0 Å². The fraction of sp³-hybridized carbons (Fsp3) is 0.533. The molecule has 0 aromatic heterocycles. The molecule has 1 aliphatic carbocycles. The highest BCUT2D eigenvalue weighted by molar-refractivity contribution is 7.86. The predicted molar refractivity (Wildman–Crippen MR) is 77.3 cm³/mol. The third-order valence-corrected chi connectivity index (χ3v) is 4.87. The molecule has 0 bridgehead atoms.